The molecular formula is C13H11ClF2N2OS. The fraction of sp³-hybridized carbons (Fsp3) is 0.385. The Kier molecular flexibility index (Phi) is 3.46. The zero-order chi connectivity index (χ0) is 14.3. The van der Waals surface area contributed by atoms with Crippen molar-refractivity contribution in [1.82, 2.24) is 10.1 Å². The summed E-state index contributed by atoms with van der Waals surface area (Å²) in [5, 5.41) is 0.0374. The molecule has 0 spiro atoms. The number of thiol groups is 1. The second-order valence-corrected chi connectivity index (χ2v) is 5.86. The summed E-state index contributed by atoms with van der Waals surface area (Å²) in [6.07, 6.45) is 2.34. The van der Waals surface area contributed by atoms with E-state index in [1.807, 2.05) is 18.2 Å². The van der Waals surface area contributed by atoms with Crippen LogP contribution in [0.2, 0.25) is 0 Å². The minimum absolute atomic E-state index is 0.0958. The molecule has 3 nitrogen and oxygen atoms in total. The highest BCUT2D eigenvalue weighted by Crippen LogP contribution is 2.45. The standard InChI is InChI=1S/C13H11ClF2N2OS/c14-13(15,16)12-17-11(18-19-12)9-3-1-2-8(6-9)10(20)7-4-5-7/h1-3,6-7,10,20H,4-5H2. The van der Waals surface area contributed by atoms with Gasteiger partial charge in [-0.15, -0.1) is 0 Å². The van der Waals surface area contributed by atoms with Crippen molar-refractivity contribution < 1.29 is 13.3 Å². The fourth-order valence-electron chi connectivity index (χ4n) is 2.00. The predicted octanol–water partition coefficient (Wildman–Crippen LogP) is 4.41. The first-order chi connectivity index (χ1) is 9.45. The first kappa shape index (κ1) is 13.8. The van der Waals surface area contributed by atoms with Crippen LogP contribution in [-0.4, -0.2) is 10.1 Å². The molecule has 0 aliphatic heterocycles. The molecule has 1 aromatic heterocycles. The molecule has 1 heterocycles. The summed E-state index contributed by atoms with van der Waals surface area (Å²) in [4.78, 5) is 3.63. The normalized spacial score (nSPS) is 17.2. The van der Waals surface area contributed by atoms with Gasteiger partial charge in [0.05, 0.1) is 0 Å². The Morgan fingerprint density at radius 3 is 2.75 bits per heavy atom. The second kappa shape index (κ2) is 5.00. The molecule has 0 radical (unpaired) electrons. The van der Waals surface area contributed by atoms with Crippen molar-refractivity contribution in [1.29, 1.82) is 0 Å². The molecule has 20 heavy (non-hydrogen) atoms. The highest BCUT2D eigenvalue weighted by molar-refractivity contribution is 7.80. The predicted molar refractivity (Wildman–Crippen MR) is 73.9 cm³/mol. The number of halogens is 3. The third-order valence-corrected chi connectivity index (χ3v) is 4.10. The van der Waals surface area contributed by atoms with E-state index in [1.165, 1.54) is 12.8 Å². The Balaban J connectivity index is 1.90. The van der Waals surface area contributed by atoms with Gasteiger partial charge < -0.3 is 4.52 Å². The Morgan fingerprint density at radius 2 is 2.15 bits per heavy atom. The number of hydrogen-bond acceptors (Lipinski definition) is 4. The fourth-order valence-corrected chi connectivity index (χ4v) is 2.54. The summed E-state index contributed by atoms with van der Waals surface area (Å²) in [6, 6.07) is 7.36. The second-order valence-electron chi connectivity index (χ2n) is 4.83. The number of hydrogen-bond donors (Lipinski definition) is 1. The van der Waals surface area contributed by atoms with Crippen LogP contribution >= 0.6 is 24.2 Å². The van der Waals surface area contributed by atoms with Crippen LogP contribution in [0.25, 0.3) is 11.4 Å². The van der Waals surface area contributed by atoms with Gasteiger partial charge >= 0.3 is 11.3 Å². The van der Waals surface area contributed by atoms with E-state index in [4.69, 9.17) is 11.6 Å². The van der Waals surface area contributed by atoms with Crippen molar-refractivity contribution in [3.8, 4) is 11.4 Å². The van der Waals surface area contributed by atoms with Crippen molar-refractivity contribution >= 4 is 24.2 Å². The number of benzene rings is 1. The van der Waals surface area contributed by atoms with Crippen LogP contribution in [0, 0.1) is 5.92 Å². The summed E-state index contributed by atoms with van der Waals surface area (Å²) in [6.45, 7) is 0. The molecule has 1 fully saturated rings. The Labute approximate surface area is 124 Å². The lowest BCUT2D eigenvalue weighted by Crippen LogP contribution is -2.03. The van der Waals surface area contributed by atoms with E-state index in [9.17, 15) is 8.78 Å². The average molecular weight is 317 g/mol. The van der Waals surface area contributed by atoms with Crippen LogP contribution in [0.5, 0.6) is 0 Å². The summed E-state index contributed by atoms with van der Waals surface area (Å²) in [5.74, 6) is -0.218. The Hall–Kier alpha value is -1.14. The van der Waals surface area contributed by atoms with Crippen LogP contribution < -0.4 is 0 Å². The number of alkyl halides is 3. The SMILES string of the molecule is FC(F)(Cl)c1nc(-c2cccc(C(S)C3CC3)c2)no1. The van der Waals surface area contributed by atoms with Crippen molar-refractivity contribution in [3.05, 3.63) is 35.7 Å². The maximum absolute atomic E-state index is 12.9. The lowest BCUT2D eigenvalue weighted by Gasteiger charge is -2.10. The van der Waals surface area contributed by atoms with Crippen LogP contribution in [0.1, 0.15) is 29.5 Å². The lowest BCUT2D eigenvalue weighted by molar-refractivity contribution is 0.0551. The molecule has 0 saturated heterocycles. The highest BCUT2D eigenvalue weighted by Gasteiger charge is 2.36. The molecule has 1 atom stereocenters. The van der Waals surface area contributed by atoms with Crippen LogP contribution in [0.15, 0.2) is 28.8 Å². The summed E-state index contributed by atoms with van der Waals surface area (Å²) in [7, 11) is 0. The smallest absolute Gasteiger partial charge is 0.331 e. The average Bonchev–Trinajstić information content (AvgIpc) is 3.13. The molecule has 1 saturated carbocycles. The van der Waals surface area contributed by atoms with Crippen molar-refractivity contribution in [2.75, 3.05) is 0 Å². The summed E-state index contributed by atoms with van der Waals surface area (Å²) < 4.78 is 30.2. The maximum atomic E-state index is 12.9. The van der Waals surface area contributed by atoms with E-state index in [0.29, 0.717) is 11.5 Å². The van der Waals surface area contributed by atoms with Crippen LogP contribution in [0.4, 0.5) is 8.78 Å². The third-order valence-electron chi connectivity index (χ3n) is 3.22. The van der Waals surface area contributed by atoms with Crippen LogP contribution in [0.3, 0.4) is 0 Å². The minimum Gasteiger partial charge on any atom is -0.331 e. The van der Waals surface area contributed by atoms with Crippen molar-refractivity contribution in [2.45, 2.75) is 23.5 Å². The Bertz CT molecular complexity index is 625. The number of aromatic nitrogens is 2. The summed E-state index contributed by atoms with van der Waals surface area (Å²) in [5.41, 5.74) is 1.63. The third kappa shape index (κ3) is 2.81. The molecule has 1 aliphatic rings. The number of rotatable bonds is 4. The minimum atomic E-state index is -3.65. The molecular weight excluding hydrogens is 306 g/mol. The zero-order valence-electron chi connectivity index (χ0n) is 10.3. The first-order valence-corrected chi connectivity index (χ1v) is 7.04. The molecule has 3 rings (SSSR count). The highest BCUT2D eigenvalue weighted by atomic mass is 35.5. The van der Waals surface area contributed by atoms with E-state index in [2.05, 4.69) is 27.3 Å². The topological polar surface area (TPSA) is 38.9 Å². The van der Waals surface area contributed by atoms with Gasteiger partial charge in [0.25, 0.3) is 0 Å². The van der Waals surface area contributed by atoms with E-state index in [1.54, 1.807) is 6.07 Å². The van der Waals surface area contributed by atoms with E-state index >= 15 is 0 Å². The van der Waals surface area contributed by atoms with Crippen molar-refractivity contribution in [3.63, 3.8) is 0 Å². The molecule has 0 N–H and O–H groups in total. The molecule has 1 unspecified atom stereocenters. The van der Waals surface area contributed by atoms with E-state index < -0.39 is 11.3 Å². The van der Waals surface area contributed by atoms with Gasteiger partial charge in [-0.25, -0.2) is 0 Å². The molecule has 106 valence electrons. The van der Waals surface area contributed by atoms with Gasteiger partial charge in [-0.1, -0.05) is 23.4 Å². The van der Waals surface area contributed by atoms with Gasteiger partial charge in [0.1, 0.15) is 0 Å². The van der Waals surface area contributed by atoms with Gasteiger partial charge in [-0.3, -0.25) is 0 Å². The lowest BCUT2D eigenvalue weighted by atomic mass is 10.0. The molecule has 0 amide bonds. The van der Waals surface area contributed by atoms with Gasteiger partial charge in [0.15, 0.2) is 0 Å². The maximum Gasteiger partial charge on any atom is 0.400 e. The quantitative estimate of drug-likeness (QED) is 0.671. The van der Waals surface area contributed by atoms with Gasteiger partial charge in [0, 0.05) is 10.8 Å². The Morgan fingerprint density at radius 1 is 1.40 bits per heavy atom. The first-order valence-electron chi connectivity index (χ1n) is 6.14. The monoisotopic (exact) mass is 316 g/mol. The largest absolute Gasteiger partial charge is 0.400 e. The zero-order valence-corrected chi connectivity index (χ0v) is 11.9. The van der Waals surface area contributed by atoms with Crippen LogP contribution in [-0.2, 0) is 5.38 Å². The molecule has 7 heteroatoms. The van der Waals surface area contributed by atoms with E-state index in [-0.39, 0.29) is 11.1 Å². The summed E-state index contributed by atoms with van der Waals surface area (Å²) >= 11 is 9.43. The molecule has 2 aromatic rings. The van der Waals surface area contributed by atoms with Gasteiger partial charge in [-0.2, -0.15) is 26.4 Å². The van der Waals surface area contributed by atoms with E-state index in [0.717, 1.165) is 5.56 Å². The number of nitrogens with zero attached hydrogens (tertiary/aromatic N) is 2. The van der Waals surface area contributed by atoms with Gasteiger partial charge in [-0.05, 0) is 42.0 Å². The van der Waals surface area contributed by atoms with Crippen molar-refractivity contribution in [2.24, 2.45) is 5.92 Å². The molecule has 1 aliphatic carbocycles. The molecule has 0 bridgehead atoms. The molecule has 1 aromatic carbocycles. The van der Waals surface area contributed by atoms with Gasteiger partial charge in [0.2, 0.25) is 5.82 Å².